The average Bonchev–Trinajstić information content (AvgIpc) is 2.45. The monoisotopic (exact) mass is 299 g/mol. The third kappa shape index (κ3) is 6.26. The second kappa shape index (κ2) is 9.82. The van der Waals surface area contributed by atoms with Crippen LogP contribution in [0.3, 0.4) is 0 Å². The first kappa shape index (κ1) is 18.9. The van der Waals surface area contributed by atoms with Crippen molar-refractivity contribution in [2.75, 3.05) is 20.1 Å². The minimum atomic E-state index is -0.624. The number of alkyl halides is 1. The van der Waals surface area contributed by atoms with Crippen LogP contribution in [-0.2, 0) is 0 Å². The number of hydrogen-bond donors (Lipinski definition) is 0. The lowest BCUT2D eigenvalue weighted by atomic mass is 9.66. The minimum absolute atomic E-state index is 0.225. The predicted molar refractivity (Wildman–Crippen MR) is 91.5 cm³/mol. The molecule has 0 aliphatic carbocycles. The van der Waals surface area contributed by atoms with E-state index in [2.05, 4.69) is 32.7 Å². The number of rotatable bonds is 10. The molecule has 0 spiro atoms. The Kier molecular flexibility index (Phi) is 8.85. The van der Waals surface area contributed by atoms with E-state index in [1.54, 1.807) is 0 Å². The van der Waals surface area contributed by atoms with Gasteiger partial charge in [-0.3, -0.25) is 0 Å². The van der Waals surface area contributed by atoms with Crippen LogP contribution in [0.4, 0.5) is 4.39 Å². The van der Waals surface area contributed by atoms with Gasteiger partial charge in [-0.2, -0.15) is 0 Å². The molecule has 1 aliphatic heterocycles. The molecule has 3 atom stereocenters. The van der Waals surface area contributed by atoms with Crippen LogP contribution < -0.4 is 0 Å². The SMILES string of the molecule is CCCCCCCC(C)(CCCC)C1CCN(C)CC1F. The largest absolute Gasteiger partial charge is 0.303 e. The van der Waals surface area contributed by atoms with E-state index in [0.29, 0.717) is 6.54 Å². The van der Waals surface area contributed by atoms with Crippen molar-refractivity contribution in [3.63, 3.8) is 0 Å². The Morgan fingerprint density at radius 2 is 1.62 bits per heavy atom. The first-order valence-corrected chi connectivity index (χ1v) is 9.36. The van der Waals surface area contributed by atoms with Crippen molar-refractivity contribution < 1.29 is 4.39 Å². The molecule has 1 nitrogen and oxygen atoms in total. The van der Waals surface area contributed by atoms with Gasteiger partial charge >= 0.3 is 0 Å². The maximum Gasteiger partial charge on any atom is 0.116 e. The normalized spacial score (nSPS) is 26.7. The number of halogens is 1. The van der Waals surface area contributed by atoms with Crippen molar-refractivity contribution >= 4 is 0 Å². The number of nitrogens with zero attached hydrogens (tertiary/aromatic N) is 1. The van der Waals surface area contributed by atoms with Crippen molar-refractivity contribution in [2.24, 2.45) is 11.3 Å². The van der Waals surface area contributed by atoms with Crippen LogP contribution in [0.25, 0.3) is 0 Å². The molecular weight excluding hydrogens is 261 g/mol. The fourth-order valence-corrected chi connectivity index (χ4v) is 4.05. The minimum Gasteiger partial charge on any atom is -0.303 e. The number of likely N-dealkylation sites (tertiary alicyclic amines) is 1. The van der Waals surface area contributed by atoms with Gasteiger partial charge in [0.2, 0.25) is 0 Å². The van der Waals surface area contributed by atoms with Crippen molar-refractivity contribution in [1.82, 2.24) is 4.90 Å². The highest BCUT2D eigenvalue weighted by atomic mass is 19.1. The Labute approximate surface area is 132 Å². The first-order valence-electron chi connectivity index (χ1n) is 9.36. The Hall–Kier alpha value is -0.110. The smallest absolute Gasteiger partial charge is 0.116 e. The van der Waals surface area contributed by atoms with Crippen molar-refractivity contribution in [3.05, 3.63) is 0 Å². The van der Waals surface area contributed by atoms with Gasteiger partial charge in [-0.15, -0.1) is 0 Å². The zero-order valence-electron chi connectivity index (χ0n) is 15.0. The summed E-state index contributed by atoms with van der Waals surface area (Å²) in [5.74, 6) is 0.284. The Balaban J connectivity index is 2.55. The fraction of sp³-hybridized carbons (Fsp3) is 1.00. The van der Waals surface area contributed by atoms with Crippen LogP contribution in [0.1, 0.15) is 85.0 Å². The molecule has 2 heteroatoms. The molecule has 1 saturated heterocycles. The van der Waals surface area contributed by atoms with Crippen LogP contribution in [0, 0.1) is 11.3 Å². The third-order valence-corrected chi connectivity index (χ3v) is 5.59. The molecule has 0 aromatic rings. The summed E-state index contributed by atoms with van der Waals surface area (Å²) < 4.78 is 14.6. The topological polar surface area (TPSA) is 3.24 Å². The summed E-state index contributed by atoms with van der Waals surface area (Å²) in [6.45, 7) is 8.61. The summed E-state index contributed by atoms with van der Waals surface area (Å²) in [5, 5.41) is 0. The highest BCUT2D eigenvalue weighted by Gasteiger charge is 2.40. The summed E-state index contributed by atoms with van der Waals surface area (Å²) in [6, 6.07) is 0. The van der Waals surface area contributed by atoms with E-state index in [9.17, 15) is 4.39 Å². The summed E-state index contributed by atoms with van der Waals surface area (Å²) in [4.78, 5) is 2.16. The van der Waals surface area contributed by atoms with Gasteiger partial charge in [0.25, 0.3) is 0 Å². The molecule has 1 fully saturated rings. The van der Waals surface area contributed by atoms with Crippen LogP contribution in [-0.4, -0.2) is 31.2 Å². The molecule has 0 bridgehead atoms. The van der Waals surface area contributed by atoms with Gasteiger partial charge in [0.15, 0.2) is 0 Å². The van der Waals surface area contributed by atoms with Gasteiger partial charge in [0.1, 0.15) is 6.17 Å². The van der Waals surface area contributed by atoms with Gasteiger partial charge in [0.05, 0.1) is 0 Å². The van der Waals surface area contributed by atoms with E-state index in [1.807, 2.05) is 0 Å². The van der Waals surface area contributed by atoms with Gasteiger partial charge in [-0.25, -0.2) is 4.39 Å². The third-order valence-electron chi connectivity index (χ3n) is 5.59. The Morgan fingerprint density at radius 3 is 2.24 bits per heavy atom. The van der Waals surface area contributed by atoms with Crippen LogP contribution in [0.15, 0.2) is 0 Å². The molecule has 126 valence electrons. The van der Waals surface area contributed by atoms with Crippen molar-refractivity contribution in [2.45, 2.75) is 91.2 Å². The standard InChI is InChI=1S/C19H38FN/c1-5-7-9-10-11-14-19(3,13-8-6-2)17-12-15-21(4)16-18(17)20/h17-18H,5-16H2,1-4H3. The molecule has 0 N–H and O–H groups in total. The quantitative estimate of drug-likeness (QED) is 0.458. The van der Waals surface area contributed by atoms with Crippen molar-refractivity contribution in [1.29, 1.82) is 0 Å². The number of hydrogen-bond acceptors (Lipinski definition) is 1. The molecule has 3 unspecified atom stereocenters. The van der Waals surface area contributed by atoms with Gasteiger partial charge in [-0.05, 0) is 44.2 Å². The molecule has 0 amide bonds. The maximum absolute atomic E-state index is 14.6. The summed E-state index contributed by atoms with van der Waals surface area (Å²) in [5.41, 5.74) is 0.225. The molecule has 0 radical (unpaired) electrons. The summed E-state index contributed by atoms with van der Waals surface area (Å²) in [6.07, 6.45) is 12.0. The molecule has 0 aromatic carbocycles. The van der Waals surface area contributed by atoms with Gasteiger partial charge in [-0.1, -0.05) is 65.7 Å². The molecule has 1 rings (SSSR count). The average molecular weight is 300 g/mol. The van der Waals surface area contributed by atoms with E-state index in [0.717, 1.165) is 13.0 Å². The zero-order valence-corrected chi connectivity index (χ0v) is 15.0. The predicted octanol–water partition coefficient (Wildman–Crippen LogP) is 5.83. The lowest BCUT2D eigenvalue weighted by Crippen LogP contribution is -2.46. The molecular formula is C19H38FN. The van der Waals surface area contributed by atoms with E-state index in [4.69, 9.17) is 0 Å². The highest BCUT2D eigenvalue weighted by molar-refractivity contribution is 4.91. The molecule has 0 saturated carbocycles. The second-order valence-corrected chi connectivity index (χ2v) is 7.60. The molecule has 1 aliphatic rings. The van der Waals surface area contributed by atoms with Crippen LogP contribution in [0.5, 0.6) is 0 Å². The maximum atomic E-state index is 14.6. The van der Waals surface area contributed by atoms with E-state index in [-0.39, 0.29) is 11.3 Å². The lowest BCUT2D eigenvalue weighted by Gasteiger charge is -2.44. The number of piperidine rings is 1. The van der Waals surface area contributed by atoms with E-state index in [1.165, 1.54) is 57.8 Å². The summed E-state index contributed by atoms with van der Waals surface area (Å²) >= 11 is 0. The van der Waals surface area contributed by atoms with Crippen LogP contribution in [0.2, 0.25) is 0 Å². The molecule has 0 aromatic heterocycles. The lowest BCUT2D eigenvalue weighted by molar-refractivity contribution is 0.00637. The molecule has 1 heterocycles. The Bertz CT molecular complexity index is 268. The molecule has 21 heavy (non-hydrogen) atoms. The van der Waals surface area contributed by atoms with Gasteiger partial charge in [0, 0.05) is 6.54 Å². The van der Waals surface area contributed by atoms with E-state index >= 15 is 0 Å². The highest BCUT2D eigenvalue weighted by Crippen LogP contribution is 2.44. The van der Waals surface area contributed by atoms with Crippen LogP contribution >= 0.6 is 0 Å². The number of unbranched alkanes of at least 4 members (excludes halogenated alkanes) is 5. The summed E-state index contributed by atoms with van der Waals surface area (Å²) in [7, 11) is 2.05. The second-order valence-electron chi connectivity index (χ2n) is 7.60. The van der Waals surface area contributed by atoms with Crippen molar-refractivity contribution in [3.8, 4) is 0 Å². The Morgan fingerprint density at radius 1 is 1.00 bits per heavy atom. The first-order chi connectivity index (χ1) is 10.0. The van der Waals surface area contributed by atoms with E-state index < -0.39 is 6.17 Å². The zero-order chi connectivity index (χ0) is 15.7. The fourth-order valence-electron chi connectivity index (χ4n) is 4.05. The van der Waals surface area contributed by atoms with Gasteiger partial charge < -0.3 is 4.90 Å².